The van der Waals surface area contributed by atoms with Crippen LogP contribution in [0, 0.1) is 0 Å². The SMILES string of the molecule is CCNC(=O)C(Cc1ccccc1)N(Cc1ccc(Cl)cc1)C(=O)CCN1C(=O)c2ccccc2S1(=O)=O. The molecule has 0 saturated carbocycles. The van der Waals surface area contributed by atoms with Gasteiger partial charge in [-0.3, -0.25) is 14.4 Å². The number of nitrogens with one attached hydrogen (secondary N) is 1. The fourth-order valence-corrected chi connectivity index (χ4v) is 6.12. The van der Waals surface area contributed by atoms with E-state index in [1.807, 2.05) is 30.3 Å². The van der Waals surface area contributed by atoms with Crippen molar-refractivity contribution in [2.75, 3.05) is 13.1 Å². The van der Waals surface area contributed by atoms with Crippen LogP contribution in [0.15, 0.2) is 83.8 Å². The summed E-state index contributed by atoms with van der Waals surface area (Å²) >= 11 is 6.03. The van der Waals surface area contributed by atoms with E-state index in [9.17, 15) is 22.8 Å². The number of carbonyl (C=O) groups excluding carboxylic acids is 3. The molecule has 0 radical (unpaired) electrons. The third-order valence-electron chi connectivity index (χ3n) is 6.33. The van der Waals surface area contributed by atoms with Crippen molar-refractivity contribution in [3.8, 4) is 0 Å². The summed E-state index contributed by atoms with van der Waals surface area (Å²) in [4.78, 5) is 41.1. The molecule has 198 valence electrons. The van der Waals surface area contributed by atoms with Gasteiger partial charge in [-0.15, -0.1) is 0 Å². The molecule has 1 unspecified atom stereocenters. The molecule has 1 N–H and O–H groups in total. The lowest BCUT2D eigenvalue weighted by Crippen LogP contribution is -2.51. The maximum Gasteiger partial charge on any atom is 0.269 e. The van der Waals surface area contributed by atoms with Crippen LogP contribution in [-0.4, -0.2) is 54.5 Å². The highest BCUT2D eigenvalue weighted by atomic mass is 35.5. The molecule has 0 bridgehead atoms. The van der Waals surface area contributed by atoms with E-state index in [1.165, 1.54) is 17.0 Å². The Kier molecular flexibility index (Phi) is 8.48. The van der Waals surface area contributed by atoms with E-state index < -0.39 is 27.9 Å². The number of nitrogens with zero attached hydrogens (tertiary/aromatic N) is 2. The van der Waals surface area contributed by atoms with Crippen LogP contribution in [0.5, 0.6) is 0 Å². The van der Waals surface area contributed by atoms with Gasteiger partial charge in [0.05, 0.1) is 5.56 Å². The van der Waals surface area contributed by atoms with E-state index in [4.69, 9.17) is 11.6 Å². The number of hydrogen-bond acceptors (Lipinski definition) is 5. The smallest absolute Gasteiger partial charge is 0.269 e. The molecule has 1 aliphatic rings. The summed E-state index contributed by atoms with van der Waals surface area (Å²) in [5, 5.41) is 3.35. The van der Waals surface area contributed by atoms with E-state index in [0.717, 1.165) is 15.4 Å². The van der Waals surface area contributed by atoms with Crippen LogP contribution in [0.2, 0.25) is 5.02 Å². The number of sulfonamides is 1. The van der Waals surface area contributed by atoms with Crippen molar-refractivity contribution < 1.29 is 22.8 Å². The van der Waals surface area contributed by atoms with Crippen molar-refractivity contribution in [3.05, 3.63) is 101 Å². The Morgan fingerprint density at radius 1 is 0.947 bits per heavy atom. The highest BCUT2D eigenvalue weighted by Gasteiger charge is 2.41. The first-order valence-corrected chi connectivity index (χ1v) is 14.1. The van der Waals surface area contributed by atoms with Gasteiger partial charge in [-0.05, 0) is 42.3 Å². The third-order valence-corrected chi connectivity index (χ3v) is 8.42. The fourth-order valence-electron chi connectivity index (χ4n) is 4.43. The van der Waals surface area contributed by atoms with Crippen LogP contribution in [0.3, 0.4) is 0 Å². The molecule has 4 rings (SSSR count). The van der Waals surface area contributed by atoms with Gasteiger partial charge in [-0.25, -0.2) is 12.7 Å². The second-order valence-corrected chi connectivity index (χ2v) is 11.1. The topological polar surface area (TPSA) is 104 Å². The molecule has 3 aromatic rings. The van der Waals surface area contributed by atoms with Crippen molar-refractivity contribution in [3.63, 3.8) is 0 Å². The van der Waals surface area contributed by atoms with E-state index in [1.54, 1.807) is 43.3 Å². The van der Waals surface area contributed by atoms with Gasteiger partial charge >= 0.3 is 0 Å². The molecule has 0 aliphatic carbocycles. The average Bonchev–Trinajstić information content (AvgIpc) is 3.11. The van der Waals surface area contributed by atoms with Gasteiger partial charge in [0.2, 0.25) is 11.8 Å². The molecule has 0 spiro atoms. The standard InChI is InChI=1S/C28H28ClN3O5S/c1-2-30-27(34)24(18-20-8-4-3-5-9-20)31(19-21-12-14-22(29)15-13-21)26(33)16-17-32-28(35)23-10-6-7-11-25(23)38(32,36)37/h3-15,24H,2,16-19H2,1H3,(H,30,34). The number of carbonyl (C=O) groups is 3. The quantitative estimate of drug-likeness (QED) is 0.413. The molecule has 10 heteroatoms. The van der Waals surface area contributed by atoms with Gasteiger partial charge in [0.25, 0.3) is 15.9 Å². The van der Waals surface area contributed by atoms with Crippen molar-refractivity contribution in [1.82, 2.24) is 14.5 Å². The van der Waals surface area contributed by atoms with E-state index in [2.05, 4.69) is 5.32 Å². The largest absolute Gasteiger partial charge is 0.355 e. The lowest BCUT2D eigenvalue weighted by molar-refractivity contribution is -0.141. The van der Waals surface area contributed by atoms with Crippen LogP contribution >= 0.6 is 11.6 Å². The van der Waals surface area contributed by atoms with Crippen molar-refractivity contribution in [1.29, 1.82) is 0 Å². The maximum absolute atomic E-state index is 13.7. The Morgan fingerprint density at radius 2 is 1.61 bits per heavy atom. The fraction of sp³-hybridized carbons (Fsp3) is 0.250. The summed E-state index contributed by atoms with van der Waals surface area (Å²) in [7, 11) is -4.06. The molecule has 38 heavy (non-hydrogen) atoms. The molecular formula is C28H28ClN3O5S. The lowest BCUT2D eigenvalue weighted by Gasteiger charge is -2.32. The first kappa shape index (κ1) is 27.3. The molecule has 0 fully saturated rings. The Morgan fingerprint density at radius 3 is 2.26 bits per heavy atom. The number of halogens is 1. The Balaban J connectivity index is 1.62. The summed E-state index contributed by atoms with van der Waals surface area (Å²) in [5.74, 6) is -1.44. The third kappa shape index (κ3) is 5.89. The van der Waals surface area contributed by atoms with E-state index in [-0.39, 0.29) is 42.3 Å². The Bertz CT molecular complexity index is 1430. The van der Waals surface area contributed by atoms with E-state index in [0.29, 0.717) is 11.6 Å². The minimum atomic E-state index is -4.06. The number of fused-ring (bicyclic) bond motifs is 1. The number of rotatable bonds is 10. The van der Waals surface area contributed by atoms with Crippen molar-refractivity contribution in [2.24, 2.45) is 0 Å². The normalized spacial score (nSPS) is 14.6. The van der Waals surface area contributed by atoms with Gasteiger partial charge in [-0.2, -0.15) is 0 Å². The molecule has 1 atom stereocenters. The highest BCUT2D eigenvalue weighted by Crippen LogP contribution is 2.30. The van der Waals surface area contributed by atoms with E-state index >= 15 is 0 Å². The molecule has 0 aromatic heterocycles. The van der Waals surface area contributed by atoms with Crippen LogP contribution in [0.25, 0.3) is 0 Å². The minimum absolute atomic E-state index is 0.0697. The first-order valence-electron chi connectivity index (χ1n) is 12.2. The molecule has 1 heterocycles. The molecule has 3 aromatic carbocycles. The number of amides is 3. The lowest BCUT2D eigenvalue weighted by atomic mass is 10.0. The minimum Gasteiger partial charge on any atom is -0.355 e. The van der Waals surface area contributed by atoms with Crippen LogP contribution in [0.4, 0.5) is 0 Å². The number of likely N-dealkylation sites (N-methyl/N-ethyl adjacent to an activating group) is 1. The monoisotopic (exact) mass is 553 g/mol. The predicted octanol–water partition coefficient (Wildman–Crippen LogP) is 3.65. The van der Waals surface area contributed by atoms with Crippen molar-refractivity contribution in [2.45, 2.75) is 37.2 Å². The number of benzene rings is 3. The van der Waals surface area contributed by atoms with Crippen LogP contribution < -0.4 is 5.32 Å². The molecule has 8 nitrogen and oxygen atoms in total. The second-order valence-electron chi connectivity index (χ2n) is 8.88. The van der Waals surface area contributed by atoms with Crippen LogP contribution in [0.1, 0.15) is 34.8 Å². The zero-order valence-corrected chi connectivity index (χ0v) is 22.4. The maximum atomic E-state index is 13.7. The number of hydrogen-bond donors (Lipinski definition) is 1. The zero-order valence-electron chi connectivity index (χ0n) is 20.8. The van der Waals surface area contributed by atoms with Gasteiger partial charge in [0, 0.05) is 37.5 Å². The molecular weight excluding hydrogens is 526 g/mol. The zero-order chi connectivity index (χ0) is 27.3. The van der Waals surface area contributed by atoms with Gasteiger partial charge in [-0.1, -0.05) is 66.2 Å². The summed E-state index contributed by atoms with van der Waals surface area (Å²) in [6.45, 7) is 1.95. The molecule has 0 saturated heterocycles. The summed E-state index contributed by atoms with van der Waals surface area (Å²) in [5.41, 5.74) is 1.70. The summed E-state index contributed by atoms with van der Waals surface area (Å²) in [6.07, 6.45) is -0.0182. The average molecular weight is 554 g/mol. The van der Waals surface area contributed by atoms with Crippen LogP contribution in [-0.2, 0) is 32.6 Å². The Hall–Kier alpha value is -3.69. The highest BCUT2D eigenvalue weighted by molar-refractivity contribution is 7.90. The predicted molar refractivity (Wildman–Crippen MR) is 144 cm³/mol. The van der Waals surface area contributed by atoms with Gasteiger partial charge in [0.15, 0.2) is 0 Å². The first-order chi connectivity index (χ1) is 18.2. The Labute approximate surface area is 227 Å². The van der Waals surface area contributed by atoms with Gasteiger partial charge in [0.1, 0.15) is 10.9 Å². The van der Waals surface area contributed by atoms with Crippen molar-refractivity contribution >= 4 is 39.3 Å². The molecule has 1 aliphatic heterocycles. The summed E-state index contributed by atoms with van der Waals surface area (Å²) in [6, 6.07) is 21.4. The summed E-state index contributed by atoms with van der Waals surface area (Å²) < 4.78 is 26.7. The van der Waals surface area contributed by atoms with Gasteiger partial charge < -0.3 is 10.2 Å². The molecule has 3 amide bonds. The second kappa shape index (κ2) is 11.8.